The van der Waals surface area contributed by atoms with Gasteiger partial charge in [0.15, 0.2) is 9.84 Å². The number of hydrogen-bond donors (Lipinski definition) is 1. The maximum atomic E-state index is 11.9. The van der Waals surface area contributed by atoms with Crippen molar-refractivity contribution < 1.29 is 18.3 Å². The molecule has 0 spiro atoms. The second kappa shape index (κ2) is 5.02. The highest BCUT2D eigenvalue weighted by Gasteiger charge is 2.19. The molecule has 0 radical (unpaired) electrons. The van der Waals surface area contributed by atoms with Crippen LogP contribution in [-0.2, 0) is 9.84 Å². The molecule has 1 aromatic carbocycles. The molecule has 0 aromatic heterocycles. The maximum absolute atomic E-state index is 11.9. The Morgan fingerprint density at radius 1 is 1.47 bits per heavy atom. The lowest BCUT2D eigenvalue weighted by Gasteiger charge is -2.08. The second-order valence-corrected chi connectivity index (χ2v) is 5.58. The van der Waals surface area contributed by atoms with Gasteiger partial charge in [0.05, 0.1) is 16.2 Å². The SMILES string of the molecule is C#CCCS(=O)(=O)c1cccc(C(=O)O)c1C. The molecule has 0 atom stereocenters. The number of carboxylic acids is 1. The van der Waals surface area contributed by atoms with Crippen molar-refractivity contribution in [1.29, 1.82) is 0 Å². The maximum Gasteiger partial charge on any atom is 0.335 e. The van der Waals surface area contributed by atoms with Crippen molar-refractivity contribution in [3.8, 4) is 12.3 Å². The lowest BCUT2D eigenvalue weighted by Crippen LogP contribution is -2.11. The van der Waals surface area contributed by atoms with Gasteiger partial charge in [0.1, 0.15) is 0 Å². The summed E-state index contributed by atoms with van der Waals surface area (Å²) in [5.41, 5.74) is 0.240. The van der Waals surface area contributed by atoms with Gasteiger partial charge in [-0.15, -0.1) is 12.3 Å². The van der Waals surface area contributed by atoms with Gasteiger partial charge in [-0.3, -0.25) is 0 Å². The van der Waals surface area contributed by atoms with E-state index in [1.165, 1.54) is 25.1 Å². The highest BCUT2D eigenvalue weighted by Crippen LogP contribution is 2.20. The van der Waals surface area contributed by atoms with E-state index in [0.29, 0.717) is 0 Å². The molecule has 0 saturated carbocycles. The number of carbonyl (C=O) groups is 1. The van der Waals surface area contributed by atoms with E-state index in [1.54, 1.807) is 0 Å². The van der Waals surface area contributed by atoms with Crippen LogP contribution in [0.2, 0.25) is 0 Å². The van der Waals surface area contributed by atoms with Crippen LogP contribution in [0, 0.1) is 19.3 Å². The van der Waals surface area contributed by atoms with Gasteiger partial charge in [-0.05, 0) is 24.6 Å². The monoisotopic (exact) mass is 252 g/mol. The van der Waals surface area contributed by atoms with E-state index in [4.69, 9.17) is 11.5 Å². The Kier molecular flexibility index (Phi) is 3.92. The Bertz CT molecular complexity index is 579. The minimum atomic E-state index is -3.51. The molecule has 0 saturated heterocycles. The van der Waals surface area contributed by atoms with Crippen LogP contribution in [0.25, 0.3) is 0 Å². The number of sulfone groups is 1. The van der Waals surface area contributed by atoms with Crippen LogP contribution in [0.5, 0.6) is 0 Å². The van der Waals surface area contributed by atoms with E-state index < -0.39 is 15.8 Å². The molecule has 0 bridgehead atoms. The largest absolute Gasteiger partial charge is 0.478 e. The van der Waals surface area contributed by atoms with Crippen molar-refractivity contribution >= 4 is 15.8 Å². The van der Waals surface area contributed by atoms with Crippen LogP contribution in [0.15, 0.2) is 23.1 Å². The minimum Gasteiger partial charge on any atom is -0.478 e. The smallest absolute Gasteiger partial charge is 0.335 e. The highest BCUT2D eigenvalue weighted by atomic mass is 32.2. The quantitative estimate of drug-likeness (QED) is 0.824. The third-order valence-corrected chi connectivity index (χ3v) is 4.22. The van der Waals surface area contributed by atoms with Gasteiger partial charge < -0.3 is 5.11 Å². The van der Waals surface area contributed by atoms with Crippen LogP contribution < -0.4 is 0 Å². The molecule has 0 unspecified atom stereocenters. The Hall–Kier alpha value is -1.80. The summed E-state index contributed by atoms with van der Waals surface area (Å²) in [6.07, 6.45) is 5.13. The van der Waals surface area contributed by atoms with E-state index >= 15 is 0 Å². The first-order chi connectivity index (χ1) is 7.90. The van der Waals surface area contributed by atoms with E-state index in [2.05, 4.69) is 5.92 Å². The topological polar surface area (TPSA) is 71.4 Å². The summed E-state index contributed by atoms with van der Waals surface area (Å²) in [5.74, 6) is 0.940. The fourth-order valence-electron chi connectivity index (χ4n) is 1.49. The van der Waals surface area contributed by atoms with Crippen molar-refractivity contribution in [2.75, 3.05) is 5.75 Å². The molecule has 1 aromatic rings. The van der Waals surface area contributed by atoms with E-state index in [1.807, 2.05) is 0 Å². The van der Waals surface area contributed by atoms with Gasteiger partial charge in [-0.1, -0.05) is 6.07 Å². The Morgan fingerprint density at radius 2 is 2.12 bits per heavy atom. The van der Waals surface area contributed by atoms with Gasteiger partial charge in [0, 0.05) is 6.42 Å². The fourth-order valence-corrected chi connectivity index (χ4v) is 2.96. The number of carboxylic acid groups (broad SMARTS) is 1. The third kappa shape index (κ3) is 2.86. The predicted molar refractivity (Wildman–Crippen MR) is 63.6 cm³/mol. The average Bonchev–Trinajstić information content (AvgIpc) is 2.26. The number of aromatic carboxylic acids is 1. The van der Waals surface area contributed by atoms with Crippen molar-refractivity contribution in [3.05, 3.63) is 29.3 Å². The number of terminal acetylenes is 1. The average molecular weight is 252 g/mol. The number of benzene rings is 1. The Morgan fingerprint density at radius 3 is 2.65 bits per heavy atom. The van der Waals surface area contributed by atoms with Gasteiger partial charge in [0.2, 0.25) is 0 Å². The second-order valence-electron chi connectivity index (χ2n) is 3.51. The van der Waals surface area contributed by atoms with Crippen LogP contribution >= 0.6 is 0 Å². The molecule has 0 aliphatic carbocycles. The molecule has 0 amide bonds. The molecule has 0 fully saturated rings. The van der Waals surface area contributed by atoms with Gasteiger partial charge >= 0.3 is 5.97 Å². The minimum absolute atomic E-state index is 0.00761. The summed E-state index contributed by atoms with van der Waals surface area (Å²) in [5, 5.41) is 8.90. The fraction of sp³-hybridized carbons (Fsp3) is 0.250. The zero-order chi connectivity index (χ0) is 13.1. The van der Waals surface area contributed by atoms with Crippen LogP contribution in [-0.4, -0.2) is 25.2 Å². The van der Waals surface area contributed by atoms with Crippen LogP contribution in [0.3, 0.4) is 0 Å². The molecule has 0 heterocycles. The first-order valence-electron chi connectivity index (χ1n) is 4.89. The lowest BCUT2D eigenvalue weighted by atomic mass is 10.1. The first kappa shape index (κ1) is 13.3. The molecule has 0 aliphatic rings. The molecule has 5 heteroatoms. The molecular formula is C12H12O4S. The Labute approximate surface area is 100 Å². The molecule has 1 N–H and O–H groups in total. The summed E-state index contributed by atoms with van der Waals surface area (Å²) >= 11 is 0. The summed E-state index contributed by atoms with van der Waals surface area (Å²) in [4.78, 5) is 10.9. The summed E-state index contributed by atoms with van der Waals surface area (Å²) in [6, 6.07) is 4.19. The van der Waals surface area contributed by atoms with Crippen LogP contribution in [0.1, 0.15) is 22.3 Å². The molecule has 4 nitrogen and oxygen atoms in total. The number of rotatable bonds is 4. The van der Waals surface area contributed by atoms with E-state index in [9.17, 15) is 13.2 Å². The van der Waals surface area contributed by atoms with E-state index in [0.717, 1.165) is 0 Å². The lowest BCUT2D eigenvalue weighted by molar-refractivity contribution is 0.0696. The van der Waals surface area contributed by atoms with Gasteiger partial charge in [0.25, 0.3) is 0 Å². The van der Waals surface area contributed by atoms with Crippen LogP contribution in [0.4, 0.5) is 0 Å². The molecular weight excluding hydrogens is 240 g/mol. The summed E-state index contributed by atoms with van der Waals surface area (Å²) in [7, 11) is -3.51. The zero-order valence-corrected chi connectivity index (χ0v) is 10.1. The van der Waals surface area contributed by atoms with E-state index in [-0.39, 0.29) is 28.2 Å². The highest BCUT2D eigenvalue weighted by molar-refractivity contribution is 7.91. The standard InChI is InChI=1S/C12H12O4S/c1-3-4-8-17(15,16)11-7-5-6-10(9(11)2)12(13)14/h1,5-7H,4,8H2,2H3,(H,13,14). The summed E-state index contributed by atoms with van der Waals surface area (Å²) in [6.45, 7) is 1.48. The van der Waals surface area contributed by atoms with Crippen molar-refractivity contribution in [1.82, 2.24) is 0 Å². The van der Waals surface area contributed by atoms with Crippen molar-refractivity contribution in [3.63, 3.8) is 0 Å². The first-order valence-corrected chi connectivity index (χ1v) is 6.54. The van der Waals surface area contributed by atoms with Crippen molar-refractivity contribution in [2.24, 2.45) is 0 Å². The van der Waals surface area contributed by atoms with Crippen molar-refractivity contribution in [2.45, 2.75) is 18.2 Å². The molecule has 90 valence electrons. The predicted octanol–water partition coefficient (Wildman–Crippen LogP) is 1.49. The molecule has 0 aliphatic heterocycles. The van der Waals surface area contributed by atoms with Gasteiger partial charge in [-0.2, -0.15) is 0 Å². The third-order valence-electron chi connectivity index (χ3n) is 2.36. The normalized spacial score (nSPS) is 10.8. The molecule has 17 heavy (non-hydrogen) atoms. The Balaban J connectivity index is 3.29. The van der Waals surface area contributed by atoms with Gasteiger partial charge in [-0.25, -0.2) is 13.2 Å². The molecule has 1 rings (SSSR count). The zero-order valence-electron chi connectivity index (χ0n) is 9.30. The summed E-state index contributed by atoms with van der Waals surface area (Å²) < 4.78 is 23.8. The number of hydrogen-bond acceptors (Lipinski definition) is 3.